The van der Waals surface area contributed by atoms with Gasteiger partial charge in [-0.2, -0.15) is 5.26 Å². The van der Waals surface area contributed by atoms with Crippen LogP contribution in [0.2, 0.25) is 0 Å². The van der Waals surface area contributed by atoms with E-state index < -0.39 is 0 Å². The van der Waals surface area contributed by atoms with Gasteiger partial charge in [0.25, 0.3) is 0 Å². The Hall–Kier alpha value is -1.06. The fraction of sp³-hybridized carbons (Fsp3) is 0. The molecule has 0 aromatic heterocycles. The van der Waals surface area contributed by atoms with Gasteiger partial charge in [0.1, 0.15) is 5.82 Å². The van der Waals surface area contributed by atoms with Crippen LogP contribution in [-0.4, -0.2) is 0 Å². The average Bonchev–Trinajstić information content (AvgIpc) is 2.34. The van der Waals surface area contributed by atoms with Crippen LogP contribution in [0.1, 0.15) is 5.56 Å². The van der Waals surface area contributed by atoms with Crippen molar-refractivity contribution in [2.75, 3.05) is 0 Å². The first kappa shape index (κ1) is 12.4. The van der Waals surface area contributed by atoms with Crippen LogP contribution in [0.3, 0.4) is 0 Å². The highest BCUT2D eigenvalue weighted by atomic mass is 127. The number of rotatable bonds is 2. The zero-order chi connectivity index (χ0) is 12.3. The van der Waals surface area contributed by atoms with Gasteiger partial charge in [-0.05, 0) is 65.1 Å². The van der Waals surface area contributed by atoms with Crippen LogP contribution in [0.25, 0.3) is 0 Å². The molecule has 4 heteroatoms. The number of benzene rings is 2. The number of nitriles is 1. The third-order valence-corrected chi connectivity index (χ3v) is 3.84. The lowest BCUT2D eigenvalue weighted by atomic mass is 10.2. The molecule has 0 atom stereocenters. The Labute approximate surface area is 117 Å². The first-order valence-corrected chi connectivity index (χ1v) is 6.71. The first-order valence-electron chi connectivity index (χ1n) is 4.82. The topological polar surface area (TPSA) is 23.8 Å². The summed E-state index contributed by atoms with van der Waals surface area (Å²) < 4.78 is 14.5. The number of nitrogens with zero attached hydrogens (tertiary/aromatic N) is 1. The molecule has 2 aromatic rings. The fourth-order valence-electron chi connectivity index (χ4n) is 1.28. The smallest absolute Gasteiger partial charge is 0.138 e. The molecule has 0 aliphatic heterocycles. The van der Waals surface area contributed by atoms with Gasteiger partial charge in [0.2, 0.25) is 0 Å². The van der Waals surface area contributed by atoms with Crippen molar-refractivity contribution in [2.24, 2.45) is 0 Å². The maximum atomic E-state index is 13.6. The van der Waals surface area contributed by atoms with E-state index >= 15 is 0 Å². The predicted octanol–water partition coefficient (Wildman–Crippen LogP) is 4.45. The molecule has 0 bridgehead atoms. The lowest BCUT2D eigenvalue weighted by molar-refractivity contribution is 0.601. The zero-order valence-electron chi connectivity index (χ0n) is 8.65. The molecule has 0 aliphatic carbocycles. The molecule has 0 radical (unpaired) electrons. The number of hydrogen-bond acceptors (Lipinski definition) is 2. The van der Waals surface area contributed by atoms with Crippen molar-refractivity contribution in [3.8, 4) is 6.07 Å². The van der Waals surface area contributed by atoms with Gasteiger partial charge in [0.05, 0.1) is 11.6 Å². The summed E-state index contributed by atoms with van der Waals surface area (Å²) >= 11 is 3.43. The Morgan fingerprint density at radius 2 is 1.82 bits per heavy atom. The van der Waals surface area contributed by atoms with Crippen molar-refractivity contribution in [3.63, 3.8) is 0 Å². The SMILES string of the molecule is N#Cc1ccc(Sc2ccc(I)cc2F)cc1. The Balaban J connectivity index is 2.23. The van der Waals surface area contributed by atoms with E-state index in [1.165, 1.54) is 17.8 Å². The Kier molecular flexibility index (Phi) is 4.02. The second-order valence-corrected chi connectivity index (χ2v) is 5.67. The summed E-state index contributed by atoms with van der Waals surface area (Å²) in [6.07, 6.45) is 0. The number of hydrogen-bond donors (Lipinski definition) is 0. The van der Waals surface area contributed by atoms with Crippen molar-refractivity contribution >= 4 is 34.4 Å². The van der Waals surface area contributed by atoms with Gasteiger partial charge in [-0.25, -0.2) is 4.39 Å². The summed E-state index contributed by atoms with van der Waals surface area (Å²) in [5, 5.41) is 8.68. The van der Waals surface area contributed by atoms with E-state index in [0.29, 0.717) is 10.5 Å². The van der Waals surface area contributed by atoms with Crippen molar-refractivity contribution in [1.29, 1.82) is 5.26 Å². The van der Waals surface area contributed by atoms with Crippen LogP contribution >= 0.6 is 34.4 Å². The Morgan fingerprint density at radius 3 is 2.41 bits per heavy atom. The molecular weight excluding hydrogens is 348 g/mol. The van der Waals surface area contributed by atoms with Gasteiger partial charge < -0.3 is 0 Å². The largest absolute Gasteiger partial charge is 0.206 e. The van der Waals surface area contributed by atoms with Gasteiger partial charge in [-0.1, -0.05) is 11.8 Å². The maximum absolute atomic E-state index is 13.6. The molecule has 0 heterocycles. The summed E-state index contributed by atoms with van der Waals surface area (Å²) in [6, 6.07) is 14.3. The lowest BCUT2D eigenvalue weighted by Crippen LogP contribution is -1.83. The van der Waals surface area contributed by atoms with E-state index in [1.54, 1.807) is 18.2 Å². The molecule has 0 amide bonds. The molecule has 0 fully saturated rings. The average molecular weight is 355 g/mol. The minimum atomic E-state index is -0.216. The van der Waals surface area contributed by atoms with Gasteiger partial charge in [-0.3, -0.25) is 0 Å². The second kappa shape index (κ2) is 5.52. The van der Waals surface area contributed by atoms with Crippen molar-refractivity contribution < 1.29 is 4.39 Å². The van der Waals surface area contributed by atoms with E-state index in [4.69, 9.17) is 5.26 Å². The highest BCUT2D eigenvalue weighted by Gasteiger charge is 2.04. The molecule has 0 spiro atoms. The minimum Gasteiger partial charge on any atom is -0.206 e. The minimum absolute atomic E-state index is 0.216. The number of halogens is 2. The van der Waals surface area contributed by atoms with Gasteiger partial charge in [-0.15, -0.1) is 0 Å². The molecule has 0 unspecified atom stereocenters. The first-order chi connectivity index (χ1) is 8.19. The molecular formula is C13H7FINS. The zero-order valence-corrected chi connectivity index (χ0v) is 11.6. The molecule has 2 aromatic carbocycles. The summed E-state index contributed by atoms with van der Waals surface area (Å²) in [5.74, 6) is -0.216. The molecule has 0 saturated carbocycles. The molecule has 1 nitrogen and oxygen atoms in total. The van der Waals surface area contributed by atoms with E-state index in [1.807, 2.05) is 18.2 Å². The van der Waals surface area contributed by atoms with Gasteiger partial charge >= 0.3 is 0 Å². The quantitative estimate of drug-likeness (QED) is 0.743. The standard InChI is InChI=1S/C13H7FINS/c14-12-7-10(15)3-6-13(12)17-11-4-1-9(8-16)2-5-11/h1-7H. The second-order valence-electron chi connectivity index (χ2n) is 3.31. The molecule has 0 saturated heterocycles. The van der Waals surface area contributed by atoms with Crippen molar-refractivity contribution in [2.45, 2.75) is 9.79 Å². The maximum Gasteiger partial charge on any atom is 0.138 e. The highest BCUT2D eigenvalue weighted by Crippen LogP contribution is 2.30. The monoisotopic (exact) mass is 355 g/mol. The Morgan fingerprint density at radius 1 is 1.12 bits per heavy atom. The summed E-state index contributed by atoms with van der Waals surface area (Å²) in [6.45, 7) is 0. The van der Waals surface area contributed by atoms with Crippen LogP contribution in [-0.2, 0) is 0 Å². The lowest BCUT2D eigenvalue weighted by Gasteiger charge is -2.03. The Bertz CT molecular complexity index is 575. The predicted molar refractivity (Wildman–Crippen MR) is 74.4 cm³/mol. The van der Waals surface area contributed by atoms with Gasteiger partial charge in [0, 0.05) is 13.4 Å². The van der Waals surface area contributed by atoms with Crippen LogP contribution in [0.4, 0.5) is 4.39 Å². The van der Waals surface area contributed by atoms with Crippen molar-refractivity contribution in [3.05, 3.63) is 57.4 Å². The normalized spacial score (nSPS) is 9.94. The van der Waals surface area contributed by atoms with E-state index in [0.717, 1.165) is 8.47 Å². The molecule has 84 valence electrons. The van der Waals surface area contributed by atoms with E-state index in [2.05, 4.69) is 28.7 Å². The van der Waals surface area contributed by atoms with E-state index in [9.17, 15) is 4.39 Å². The summed E-state index contributed by atoms with van der Waals surface area (Å²) in [4.78, 5) is 1.51. The van der Waals surface area contributed by atoms with Crippen LogP contribution in [0.15, 0.2) is 52.3 Å². The molecule has 2 rings (SSSR count). The fourth-order valence-corrected chi connectivity index (χ4v) is 2.55. The molecule has 17 heavy (non-hydrogen) atoms. The summed E-state index contributed by atoms with van der Waals surface area (Å²) in [7, 11) is 0. The third kappa shape index (κ3) is 3.20. The van der Waals surface area contributed by atoms with Crippen LogP contribution in [0, 0.1) is 20.7 Å². The molecule has 0 N–H and O–H groups in total. The molecule has 0 aliphatic rings. The highest BCUT2D eigenvalue weighted by molar-refractivity contribution is 14.1. The third-order valence-electron chi connectivity index (χ3n) is 2.11. The van der Waals surface area contributed by atoms with Crippen molar-refractivity contribution in [1.82, 2.24) is 0 Å². The van der Waals surface area contributed by atoms with Crippen LogP contribution in [0.5, 0.6) is 0 Å². The van der Waals surface area contributed by atoms with Crippen LogP contribution < -0.4 is 0 Å². The van der Waals surface area contributed by atoms with E-state index in [-0.39, 0.29) is 5.82 Å². The summed E-state index contributed by atoms with van der Waals surface area (Å²) in [5.41, 5.74) is 0.609. The van der Waals surface area contributed by atoms with Gasteiger partial charge in [0.15, 0.2) is 0 Å².